The zero-order valence-corrected chi connectivity index (χ0v) is 19.6. The Bertz CT molecular complexity index is 1110. The lowest BCUT2D eigenvalue weighted by molar-refractivity contribution is -0.120. The number of carbonyl (C=O) groups is 2. The van der Waals surface area contributed by atoms with Crippen LogP contribution in [-0.2, 0) is 4.79 Å². The first-order chi connectivity index (χ1) is 16.1. The molecule has 7 heteroatoms. The molecular weight excluding hydrogens is 432 g/mol. The van der Waals surface area contributed by atoms with Crippen molar-refractivity contribution in [3.8, 4) is 0 Å². The minimum absolute atomic E-state index is 0.00104. The highest BCUT2D eigenvalue weighted by Crippen LogP contribution is 2.31. The second-order valence-electron chi connectivity index (χ2n) is 8.90. The molecule has 0 aliphatic carbocycles. The summed E-state index contributed by atoms with van der Waals surface area (Å²) >= 11 is 1.57. The van der Waals surface area contributed by atoms with Gasteiger partial charge in [0.2, 0.25) is 5.91 Å². The number of benzene rings is 1. The molecule has 2 aliphatic rings. The van der Waals surface area contributed by atoms with Crippen LogP contribution in [0.5, 0.6) is 0 Å². The van der Waals surface area contributed by atoms with Crippen LogP contribution in [0.3, 0.4) is 0 Å². The van der Waals surface area contributed by atoms with Gasteiger partial charge in [0.25, 0.3) is 5.91 Å². The van der Waals surface area contributed by atoms with E-state index in [1.807, 2.05) is 54.4 Å². The van der Waals surface area contributed by atoms with Gasteiger partial charge in [0.1, 0.15) is 0 Å². The van der Waals surface area contributed by atoms with Gasteiger partial charge in [-0.15, -0.1) is 11.3 Å². The molecule has 0 radical (unpaired) electrons. The SMILES string of the molecule is Cc1ccc(C(=O)N2CCC(c3ccc(NC(=O)C4CN(c5cccnc5)C4)cc3)CC2)s1. The number of likely N-dealkylation sites (tertiary alicyclic amines) is 1. The summed E-state index contributed by atoms with van der Waals surface area (Å²) in [6.07, 6.45) is 5.52. The van der Waals surface area contributed by atoms with Crippen molar-refractivity contribution >= 4 is 34.5 Å². The predicted molar refractivity (Wildman–Crippen MR) is 132 cm³/mol. The fourth-order valence-corrected chi connectivity index (χ4v) is 5.44. The van der Waals surface area contributed by atoms with E-state index in [9.17, 15) is 9.59 Å². The van der Waals surface area contributed by atoms with Crippen molar-refractivity contribution in [1.82, 2.24) is 9.88 Å². The van der Waals surface area contributed by atoms with Crippen LogP contribution in [0.2, 0.25) is 0 Å². The van der Waals surface area contributed by atoms with Crippen molar-refractivity contribution in [3.05, 3.63) is 76.2 Å². The Kier molecular flexibility index (Phi) is 6.13. The number of anilines is 2. The molecule has 1 N–H and O–H groups in total. The highest BCUT2D eigenvalue weighted by molar-refractivity contribution is 7.13. The molecule has 5 rings (SSSR count). The van der Waals surface area contributed by atoms with Crippen molar-refractivity contribution in [2.75, 3.05) is 36.4 Å². The van der Waals surface area contributed by atoms with Crippen LogP contribution < -0.4 is 10.2 Å². The van der Waals surface area contributed by atoms with Crippen LogP contribution in [0.15, 0.2) is 60.9 Å². The van der Waals surface area contributed by atoms with E-state index in [-0.39, 0.29) is 17.7 Å². The van der Waals surface area contributed by atoms with Gasteiger partial charge in [-0.25, -0.2) is 0 Å². The van der Waals surface area contributed by atoms with Gasteiger partial charge in [0.05, 0.1) is 22.7 Å². The molecule has 2 fully saturated rings. The quantitative estimate of drug-likeness (QED) is 0.607. The van der Waals surface area contributed by atoms with Crippen molar-refractivity contribution in [1.29, 1.82) is 0 Å². The van der Waals surface area contributed by atoms with Crippen LogP contribution in [-0.4, -0.2) is 47.9 Å². The average Bonchev–Trinajstić information content (AvgIpc) is 3.25. The maximum absolute atomic E-state index is 12.7. The number of rotatable bonds is 5. The topological polar surface area (TPSA) is 65.5 Å². The molecule has 0 spiro atoms. The number of aryl methyl sites for hydroxylation is 1. The second-order valence-corrected chi connectivity index (χ2v) is 10.2. The number of amides is 2. The van der Waals surface area contributed by atoms with Gasteiger partial charge in [-0.05, 0) is 67.6 Å². The Morgan fingerprint density at radius 1 is 1.03 bits per heavy atom. The van der Waals surface area contributed by atoms with Gasteiger partial charge < -0.3 is 15.1 Å². The largest absolute Gasteiger partial charge is 0.369 e. The van der Waals surface area contributed by atoms with Gasteiger partial charge >= 0.3 is 0 Å². The maximum Gasteiger partial charge on any atom is 0.263 e. The van der Waals surface area contributed by atoms with E-state index < -0.39 is 0 Å². The number of aromatic nitrogens is 1. The summed E-state index contributed by atoms with van der Waals surface area (Å²) in [6.45, 7) is 5.04. The first kappa shape index (κ1) is 21.6. The zero-order chi connectivity index (χ0) is 22.8. The molecule has 0 saturated carbocycles. The van der Waals surface area contributed by atoms with Crippen LogP contribution in [0.4, 0.5) is 11.4 Å². The van der Waals surface area contributed by atoms with Gasteiger partial charge in [-0.3, -0.25) is 14.6 Å². The number of hydrogen-bond acceptors (Lipinski definition) is 5. The van der Waals surface area contributed by atoms with Gasteiger partial charge in [-0.1, -0.05) is 12.1 Å². The standard InChI is InChI=1S/C26H28N4O2S/c1-18-4-9-24(33-18)26(32)29-13-10-20(11-14-29)19-5-7-22(8-6-19)28-25(31)21-16-30(17-21)23-3-2-12-27-15-23/h2-9,12,15,20-21H,10-11,13-14,16-17H2,1H3,(H,28,31). The third kappa shape index (κ3) is 4.78. The minimum atomic E-state index is -0.00104. The van der Waals surface area contributed by atoms with Crippen molar-refractivity contribution < 1.29 is 9.59 Å². The lowest BCUT2D eigenvalue weighted by Crippen LogP contribution is -2.52. The normalized spacial score (nSPS) is 17.0. The number of nitrogens with zero attached hydrogens (tertiary/aromatic N) is 3. The van der Waals surface area contributed by atoms with E-state index in [1.54, 1.807) is 17.5 Å². The minimum Gasteiger partial charge on any atom is -0.369 e. The molecule has 3 aromatic rings. The summed E-state index contributed by atoms with van der Waals surface area (Å²) < 4.78 is 0. The van der Waals surface area contributed by atoms with E-state index in [0.29, 0.717) is 5.92 Å². The summed E-state index contributed by atoms with van der Waals surface area (Å²) in [5.74, 6) is 0.670. The third-order valence-electron chi connectivity index (χ3n) is 6.65. The molecule has 2 saturated heterocycles. The van der Waals surface area contributed by atoms with Crippen LogP contribution in [0.25, 0.3) is 0 Å². The summed E-state index contributed by atoms with van der Waals surface area (Å²) in [5, 5.41) is 3.06. The van der Waals surface area contributed by atoms with Crippen molar-refractivity contribution in [3.63, 3.8) is 0 Å². The molecule has 4 heterocycles. The number of thiophene rings is 1. The number of pyridine rings is 1. The lowest BCUT2D eigenvalue weighted by Gasteiger charge is -2.39. The second kappa shape index (κ2) is 9.35. The van der Waals surface area contributed by atoms with E-state index in [2.05, 4.69) is 27.3 Å². The molecule has 1 aromatic carbocycles. The lowest BCUT2D eigenvalue weighted by atomic mass is 9.89. The molecule has 2 aromatic heterocycles. The van der Waals surface area contributed by atoms with Crippen LogP contribution in [0.1, 0.15) is 38.9 Å². The first-order valence-electron chi connectivity index (χ1n) is 11.5. The molecule has 6 nitrogen and oxygen atoms in total. The molecule has 0 atom stereocenters. The smallest absolute Gasteiger partial charge is 0.263 e. The third-order valence-corrected chi connectivity index (χ3v) is 7.64. The summed E-state index contributed by atoms with van der Waals surface area (Å²) in [6, 6.07) is 16.1. The fourth-order valence-electron chi connectivity index (χ4n) is 4.60. The van der Waals surface area contributed by atoms with E-state index in [1.165, 1.54) is 10.4 Å². The highest BCUT2D eigenvalue weighted by atomic mass is 32.1. The zero-order valence-electron chi connectivity index (χ0n) is 18.7. The fraction of sp³-hybridized carbons (Fsp3) is 0.346. The van der Waals surface area contributed by atoms with Crippen LogP contribution >= 0.6 is 11.3 Å². The molecule has 2 amide bonds. The molecule has 170 valence electrons. The van der Waals surface area contributed by atoms with Gasteiger partial charge in [0, 0.05) is 42.9 Å². The van der Waals surface area contributed by atoms with Crippen molar-refractivity contribution in [2.45, 2.75) is 25.7 Å². The summed E-state index contributed by atoms with van der Waals surface area (Å²) in [7, 11) is 0. The highest BCUT2D eigenvalue weighted by Gasteiger charge is 2.33. The monoisotopic (exact) mass is 460 g/mol. The number of nitrogens with one attached hydrogen (secondary N) is 1. The van der Waals surface area contributed by atoms with E-state index >= 15 is 0 Å². The van der Waals surface area contributed by atoms with Crippen molar-refractivity contribution in [2.24, 2.45) is 5.92 Å². The molecule has 33 heavy (non-hydrogen) atoms. The number of carbonyl (C=O) groups excluding carboxylic acids is 2. The van der Waals surface area contributed by atoms with E-state index in [4.69, 9.17) is 0 Å². The number of hydrogen-bond donors (Lipinski definition) is 1. The predicted octanol–water partition coefficient (Wildman–Crippen LogP) is 4.55. The Morgan fingerprint density at radius 3 is 2.42 bits per heavy atom. The average molecular weight is 461 g/mol. The number of piperidine rings is 1. The molecule has 0 unspecified atom stereocenters. The first-order valence-corrected chi connectivity index (χ1v) is 12.3. The molecule has 2 aliphatic heterocycles. The van der Waals surface area contributed by atoms with Crippen LogP contribution in [0, 0.1) is 12.8 Å². The Morgan fingerprint density at radius 2 is 1.79 bits per heavy atom. The summed E-state index contributed by atoms with van der Waals surface area (Å²) in [4.78, 5) is 35.5. The van der Waals surface area contributed by atoms with Gasteiger partial charge in [-0.2, -0.15) is 0 Å². The van der Waals surface area contributed by atoms with Gasteiger partial charge in [0.15, 0.2) is 0 Å². The summed E-state index contributed by atoms with van der Waals surface area (Å²) in [5.41, 5.74) is 3.17. The molecule has 0 bridgehead atoms. The Hall–Kier alpha value is -3.19. The molecular formula is C26H28N4O2S. The maximum atomic E-state index is 12.7. The van der Waals surface area contributed by atoms with E-state index in [0.717, 1.165) is 55.3 Å². The Labute approximate surface area is 198 Å². The Balaban J connectivity index is 1.10.